The van der Waals surface area contributed by atoms with E-state index in [0.717, 1.165) is 31.9 Å². The van der Waals surface area contributed by atoms with Gasteiger partial charge in [0.15, 0.2) is 5.96 Å². The van der Waals surface area contributed by atoms with E-state index in [0.29, 0.717) is 23.6 Å². The predicted octanol–water partition coefficient (Wildman–Crippen LogP) is 3.09. The number of fused-ring (bicyclic) bond motifs is 1. The molecule has 0 saturated heterocycles. The lowest BCUT2D eigenvalue weighted by atomic mass is 10.1. The molecule has 1 aromatic carbocycles. The van der Waals surface area contributed by atoms with Crippen LogP contribution < -0.4 is 10.6 Å². The van der Waals surface area contributed by atoms with E-state index in [2.05, 4.69) is 39.4 Å². The Morgan fingerprint density at radius 3 is 2.43 bits per heavy atom. The molecule has 0 saturated carbocycles. The van der Waals surface area contributed by atoms with Crippen LogP contribution in [0.2, 0.25) is 0 Å². The van der Waals surface area contributed by atoms with Gasteiger partial charge in [0.2, 0.25) is 0 Å². The number of hydrogen-bond acceptors (Lipinski definition) is 4. The summed E-state index contributed by atoms with van der Waals surface area (Å²) in [5, 5.41) is 10.9. The second-order valence-electron chi connectivity index (χ2n) is 6.85. The first kappa shape index (κ1) is 20.1. The Hall–Kier alpha value is -2.67. The fraction of sp³-hybridized carbons (Fsp3) is 0.381. The first-order chi connectivity index (χ1) is 13.6. The highest BCUT2D eigenvalue weighted by molar-refractivity contribution is 7.07. The first-order valence-corrected chi connectivity index (χ1v) is 10.5. The zero-order chi connectivity index (χ0) is 19.9. The van der Waals surface area contributed by atoms with Crippen LogP contribution in [0.15, 0.2) is 46.1 Å². The van der Waals surface area contributed by atoms with Crippen LogP contribution in [0.5, 0.6) is 0 Å². The van der Waals surface area contributed by atoms with Gasteiger partial charge in [-0.1, -0.05) is 19.1 Å². The maximum Gasteiger partial charge on any atom is 0.261 e. The minimum Gasteiger partial charge on any atom is -0.356 e. The molecule has 0 aliphatic carbocycles. The summed E-state index contributed by atoms with van der Waals surface area (Å²) in [6.07, 6.45) is 1.59. The molecule has 2 aromatic rings. The fourth-order valence-corrected chi connectivity index (χ4v) is 3.97. The molecule has 1 aliphatic heterocycles. The topological polar surface area (TPSA) is 73.8 Å². The predicted molar refractivity (Wildman–Crippen MR) is 113 cm³/mol. The molecule has 7 heteroatoms. The number of carbonyl (C=O) groups excluding carboxylic acids is 2. The van der Waals surface area contributed by atoms with Gasteiger partial charge in [0, 0.05) is 26.7 Å². The quantitative estimate of drug-likeness (QED) is 0.310. The Morgan fingerprint density at radius 1 is 1.11 bits per heavy atom. The van der Waals surface area contributed by atoms with Gasteiger partial charge in [-0.15, -0.1) is 0 Å². The van der Waals surface area contributed by atoms with E-state index in [-0.39, 0.29) is 11.8 Å². The molecule has 28 heavy (non-hydrogen) atoms. The molecule has 1 atom stereocenters. The number of aliphatic imine (C=N–C) groups is 1. The smallest absolute Gasteiger partial charge is 0.261 e. The summed E-state index contributed by atoms with van der Waals surface area (Å²) in [6.45, 7) is 4.17. The van der Waals surface area contributed by atoms with E-state index in [9.17, 15) is 9.59 Å². The Labute approximate surface area is 169 Å². The molecule has 2 N–H and O–H groups in total. The van der Waals surface area contributed by atoms with Gasteiger partial charge in [-0.25, -0.2) is 0 Å². The number of thiophene rings is 1. The van der Waals surface area contributed by atoms with E-state index >= 15 is 0 Å². The summed E-state index contributed by atoms with van der Waals surface area (Å²) in [6, 6.07) is 9.14. The number of carbonyl (C=O) groups is 2. The van der Waals surface area contributed by atoms with Crippen molar-refractivity contribution in [3.8, 4) is 0 Å². The molecule has 0 bridgehead atoms. The van der Waals surface area contributed by atoms with Crippen molar-refractivity contribution < 1.29 is 9.59 Å². The van der Waals surface area contributed by atoms with Crippen LogP contribution in [0.25, 0.3) is 0 Å². The van der Waals surface area contributed by atoms with Crippen LogP contribution >= 0.6 is 11.3 Å². The highest BCUT2D eigenvalue weighted by atomic mass is 32.1. The summed E-state index contributed by atoms with van der Waals surface area (Å²) >= 11 is 1.71. The van der Waals surface area contributed by atoms with Crippen LogP contribution in [0.4, 0.5) is 0 Å². The lowest BCUT2D eigenvalue weighted by Crippen LogP contribution is -2.39. The molecule has 2 amide bonds. The van der Waals surface area contributed by atoms with Gasteiger partial charge >= 0.3 is 0 Å². The third-order valence-electron chi connectivity index (χ3n) is 4.89. The Kier molecular flexibility index (Phi) is 6.81. The standard InChI is InChI=1S/C21H26N4O2S/c1-15(16-9-12-28-14-16)13-24-21(22-2)23-10-5-6-11-25-19(26)17-7-3-4-8-18(17)20(25)27/h3-4,7-9,12,14-15H,5-6,10-11,13H2,1-2H3,(H2,22,23,24). The number of hydrogen-bond donors (Lipinski definition) is 2. The second-order valence-corrected chi connectivity index (χ2v) is 7.63. The monoisotopic (exact) mass is 398 g/mol. The van der Waals surface area contributed by atoms with Crippen molar-refractivity contribution in [2.45, 2.75) is 25.7 Å². The van der Waals surface area contributed by atoms with Crippen molar-refractivity contribution in [1.82, 2.24) is 15.5 Å². The number of benzene rings is 1. The number of imide groups is 1. The molecule has 3 rings (SSSR count). The van der Waals surface area contributed by atoms with Crippen LogP contribution in [-0.4, -0.2) is 49.4 Å². The minimum absolute atomic E-state index is 0.187. The number of nitrogens with one attached hydrogen (secondary N) is 2. The zero-order valence-electron chi connectivity index (χ0n) is 16.3. The van der Waals surface area contributed by atoms with Crippen molar-refractivity contribution in [1.29, 1.82) is 0 Å². The van der Waals surface area contributed by atoms with Crippen molar-refractivity contribution in [2.75, 3.05) is 26.7 Å². The molecule has 0 fully saturated rings. The second kappa shape index (κ2) is 9.50. The SMILES string of the molecule is CN=C(NCCCCN1C(=O)c2ccccc2C1=O)NCC(C)c1ccsc1. The third kappa shape index (κ3) is 4.59. The van der Waals surface area contributed by atoms with Crippen LogP contribution in [-0.2, 0) is 0 Å². The number of nitrogens with zero attached hydrogens (tertiary/aromatic N) is 2. The average molecular weight is 399 g/mol. The summed E-state index contributed by atoms with van der Waals surface area (Å²) < 4.78 is 0. The molecule has 148 valence electrons. The summed E-state index contributed by atoms with van der Waals surface area (Å²) in [5.41, 5.74) is 2.35. The van der Waals surface area contributed by atoms with Crippen LogP contribution in [0.1, 0.15) is 52.0 Å². The lowest BCUT2D eigenvalue weighted by Gasteiger charge is -2.16. The van der Waals surface area contributed by atoms with Crippen LogP contribution in [0.3, 0.4) is 0 Å². The van der Waals surface area contributed by atoms with Crippen molar-refractivity contribution in [3.05, 3.63) is 57.8 Å². The van der Waals surface area contributed by atoms with Gasteiger partial charge < -0.3 is 10.6 Å². The van der Waals surface area contributed by atoms with E-state index in [1.54, 1.807) is 42.6 Å². The molecule has 1 aliphatic rings. The van der Waals surface area contributed by atoms with Gasteiger partial charge in [0.1, 0.15) is 0 Å². The summed E-state index contributed by atoms with van der Waals surface area (Å²) in [5.74, 6) is 0.809. The fourth-order valence-electron chi connectivity index (χ4n) is 3.19. The Bertz CT molecular complexity index is 813. The van der Waals surface area contributed by atoms with E-state index in [1.165, 1.54) is 10.5 Å². The number of guanidine groups is 1. The Morgan fingerprint density at radius 2 is 1.82 bits per heavy atom. The highest BCUT2D eigenvalue weighted by Gasteiger charge is 2.34. The molecular weight excluding hydrogens is 372 g/mol. The first-order valence-electron chi connectivity index (χ1n) is 9.53. The summed E-state index contributed by atoms with van der Waals surface area (Å²) in [7, 11) is 1.75. The summed E-state index contributed by atoms with van der Waals surface area (Å²) in [4.78, 5) is 30.3. The Balaban J connectivity index is 1.36. The highest BCUT2D eigenvalue weighted by Crippen LogP contribution is 2.22. The third-order valence-corrected chi connectivity index (χ3v) is 5.59. The van der Waals surface area contributed by atoms with Gasteiger partial charge in [0.05, 0.1) is 11.1 Å². The normalized spacial score (nSPS) is 14.9. The number of unbranched alkanes of at least 4 members (excludes halogenated alkanes) is 1. The lowest BCUT2D eigenvalue weighted by molar-refractivity contribution is 0.0652. The van der Waals surface area contributed by atoms with E-state index in [4.69, 9.17) is 0 Å². The molecule has 6 nitrogen and oxygen atoms in total. The molecule has 1 aromatic heterocycles. The molecular formula is C21H26N4O2S. The molecule has 1 unspecified atom stereocenters. The van der Waals surface area contributed by atoms with Gasteiger partial charge in [-0.2, -0.15) is 11.3 Å². The van der Waals surface area contributed by atoms with E-state index in [1.807, 2.05) is 0 Å². The van der Waals surface area contributed by atoms with Gasteiger partial charge in [-0.3, -0.25) is 19.5 Å². The minimum atomic E-state index is -0.187. The van der Waals surface area contributed by atoms with Crippen molar-refractivity contribution in [2.24, 2.45) is 4.99 Å². The maximum atomic E-state index is 12.3. The van der Waals surface area contributed by atoms with Crippen LogP contribution in [0, 0.1) is 0 Å². The number of amides is 2. The largest absolute Gasteiger partial charge is 0.356 e. The van der Waals surface area contributed by atoms with Crippen molar-refractivity contribution in [3.63, 3.8) is 0 Å². The zero-order valence-corrected chi connectivity index (χ0v) is 17.1. The maximum absolute atomic E-state index is 12.3. The number of rotatable bonds is 8. The van der Waals surface area contributed by atoms with Gasteiger partial charge in [-0.05, 0) is 53.3 Å². The van der Waals surface area contributed by atoms with Gasteiger partial charge in [0.25, 0.3) is 11.8 Å². The van der Waals surface area contributed by atoms with Crippen molar-refractivity contribution >= 4 is 29.1 Å². The molecule has 2 heterocycles. The average Bonchev–Trinajstić information content (AvgIpc) is 3.33. The van der Waals surface area contributed by atoms with E-state index < -0.39 is 0 Å². The molecule has 0 spiro atoms. The molecule has 0 radical (unpaired) electrons.